The molecule has 112 valence electrons. The zero-order valence-corrected chi connectivity index (χ0v) is 13.9. The molecule has 3 N–H and O–H groups in total. The molecule has 1 saturated heterocycles. The Bertz CT molecular complexity index is 555. The van der Waals surface area contributed by atoms with Crippen LogP contribution in [-0.4, -0.2) is 37.5 Å². The molecule has 1 atom stereocenters. The molecule has 1 aliphatic rings. The van der Waals surface area contributed by atoms with Crippen LogP contribution in [0.1, 0.15) is 12.5 Å². The Morgan fingerprint density at radius 1 is 1.40 bits per heavy atom. The number of nitrogen functional groups attached to an aromatic ring is 1. The van der Waals surface area contributed by atoms with Crippen LogP contribution >= 0.6 is 23.5 Å². The summed E-state index contributed by atoms with van der Waals surface area (Å²) in [6.07, 6.45) is 0.671. The van der Waals surface area contributed by atoms with Gasteiger partial charge < -0.3 is 5.73 Å². The van der Waals surface area contributed by atoms with Crippen LogP contribution in [0.15, 0.2) is 23.1 Å². The molecule has 1 aliphatic heterocycles. The summed E-state index contributed by atoms with van der Waals surface area (Å²) in [7, 11) is -3.48. The van der Waals surface area contributed by atoms with E-state index in [-0.39, 0.29) is 0 Å². The predicted octanol–water partition coefficient (Wildman–Crippen LogP) is 1.96. The first kappa shape index (κ1) is 16.0. The molecule has 0 aromatic heterocycles. The highest BCUT2D eigenvalue weighted by atomic mass is 32.2. The molecule has 1 heterocycles. The Kier molecular flexibility index (Phi) is 5.65. The van der Waals surface area contributed by atoms with Crippen molar-refractivity contribution in [3.05, 3.63) is 23.8 Å². The number of hydrogen-bond donors (Lipinski definition) is 2. The molecule has 1 aromatic rings. The summed E-state index contributed by atoms with van der Waals surface area (Å²) in [6.45, 7) is 2.43. The van der Waals surface area contributed by atoms with Crippen LogP contribution in [0.3, 0.4) is 0 Å². The van der Waals surface area contributed by atoms with Crippen molar-refractivity contribution in [1.82, 2.24) is 4.72 Å². The van der Waals surface area contributed by atoms with Gasteiger partial charge in [-0.2, -0.15) is 23.5 Å². The summed E-state index contributed by atoms with van der Waals surface area (Å²) in [6, 6.07) is 5.07. The lowest BCUT2D eigenvalue weighted by molar-refractivity contribution is 0.580. The third-order valence-electron chi connectivity index (χ3n) is 3.15. The van der Waals surface area contributed by atoms with Crippen molar-refractivity contribution >= 4 is 39.2 Å². The average Bonchev–Trinajstić information content (AvgIpc) is 2.46. The van der Waals surface area contributed by atoms with E-state index in [9.17, 15) is 8.42 Å². The minimum absolute atomic E-state index is 0.313. The molecule has 1 fully saturated rings. The monoisotopic (exact) mass is 332 g/mol. The molecule has 1 unspecified atom stereocenters. The van der Waals surface area contributed by atoms with Gasteiger partial charge in [-0.05, 0) is 24.1 Å². The van der Waals surface area contributed by atoms with Crippen LogP contribution in [0.25, 0.3) is 0 Å². The van der Waals surface area contributed by atoms with Crippen molar-refractivity contribution in [2.45, 2.75) is 23.5 Å². The highest BCUT2D eigenvalue weighted by Crippen LogP contribution is 2.24. The SMILES string of the molecule is CCc1ccc(N)cc1S(=O)(=O)NCC1CSCCS1. The van der Waals surface area contributed by atoms with Crippen LogP contribution in [0, 0.1) is 0 Å². The van der Waals surface area contributed by atoms with Crippen molar-refractivity contribution in [2.24, 2.45) is 0 Å². The van der Waals surface area contributed by atoms with Crippen LogP contribution in [0.4, 0.5) is 5.69 Å². The first-order valence-electron chi connectivity index (χ1n) is 6.60. The third kappa shape index (κ3) is 4.07. The normalized spacial score (nSPS) is 19.9. The van der Waals surface area contributed by atoms with E-state index in [0.717, 1.165) is 22.8 Å². The first-order chi connectivity index (χ1) is 9.53. The quantitative estimate of drug-likeness (QED) is 0.807. The van der Waals surface area contributed by atoms with E-state index >= 15 is 0 Å². The van der Waals surface area contributed by atoms with Crippen molar-refractivity contribution in [3.8, 4) is 0 Å². The second-order valence-corrected chi connectivity index (χ2v) is 8.93. The van der Waals surface area contributed by atoms with Gasteiger partial charge in [-0.1, -0.05) is 13.0 Å². The van der Waals surface area contributed by atoms with E-state index in [2.05, 4.69) is 4.72 Å². The Morgan fingerprint density at radius 3 is 2.85 bits per heavy atom. The summed E-state index contributed by atoms with van der Waals surface area (Å²) < 4.78 is 27.6. The van der Waals surface area contributed by atoms with Crippen LogP contribution in [0.2, 0.25) is 0 Å². The van der Waals surface area contributed by atoms with E-state index in [1.165, 1.54) is 0 Å². The lowest BCUT2D eigenvalue weighted by atomic mass is 10.1. The maximum absolute atomic E-state index is 12.4. The van der Waals surface area contributed by atoms with Gasteiger partial charge in [0, 0.05) is 34.7 Å². The van der Waals surface area contributed by atoms with Crippen molar-refractivity contribution in [1.29, 1.82) is 0 Å². The Balaban J connectivity index is 2.11. The molecule has 0 aliphatic carbocycles. The van der Waals surface area contributed by atoms with Gasteiger partial charge in [0.2, 0.25) is 10.0 Å². The lowest BCUT2D eigenvalue weighted by Gasteiger charge is -2.21. The van der Waals surface area contributed by atoms with E-state index in [1.54, 1.807) is 18.2 Å². The summed E-state index contributed by atoms with van der Waals surface area (Å²) in [5.41, 5.74) is 7.00. The van der Waals surface area contributed by atoms with Gasteiger partial charge in [0.05, 0.1) is 4.90 Å². The fourth-order valence-electron chi connectivity index (χ4n) is 2.05. The fourth-order valence-corrected chi connectivity index (χ4v) is 6.19. The first-order valence-corrected chi connectivity index (χ1v) is 10.3. The number of hydrogen-bond acceptors (Lipinski definition) is 5. The smallest absolute Gasteiger partial charge is 0.240 e. The van der Waals surface area contributed by atoms with Gasteiger partial charge in [0.25, 0.3) is 0 Å². The van der Waals surface area contributed by atoms with E-state index in [0.29, 0.717) is 28.8 Å². The molecular formula is C13H20N2O2S3. The number of rotatable bonds is 5. The molecule has 4 nitrogen and oxygen atoms in total. The van der Waals surface area contributed by atoms with E-state index in [4.69, 9.17) is 5.73 Å². The molecule has 0 saturated carbocycles. The molecule has 0 amide bonds. The summed E-state index contributed by atoms with van der Waals surface area (Å²) in [5.74, 6) is 3.25. The zero-order chi connectivity index (χ0) is 14.6. The summed E-state index contributed by atoms with van der Waals surface area (Å²) in [4.78, 5) is 0.313. The number of anilines is 1. The number of thioether (sulfide) groups is 2. The number of benzene rings is 1. The van der Waals surface area contributed by atoms with E-state index < -0.39 is 10.0 Å². The van der Waals surface area contributed by atoms with Crippen molar-refractivity contribution < 1.29 is 8.42 Å². The highest BCUT2D eigenvalue weighted by Gasteiger charge is 2.21. The van der Waals surface area contributed by atoms with Gasteiger partial charge in [-0.3, -0.25) is 0 Å². The topological polar surface area (TPSA) is 72.2 Å². The Morgan fingerprint density at radius 2 is 2.20 bits per heavy atom. The van der Waals surface area contributed by atoms with Gasteiger partial charge in [0.1, 0.15) is 0 Å². The summed E-state index contributed by atoms with van der Waals surface area (Å²) in [5, 5.41) is 0.356. The highest BCUT2D eigenvalue weighted by molar-refractivity contribution is 8.06. The molecule has 2 rings (SSSR count). The maximum Gasteiger partial charge on any atom is 0.240 e. The Hall–Kier alpha value is -0.370. The summed E-state index contributed by atoms with van der Waals surface area (Å²) >= 11 is 3.72. The van der Waals surface area contributed by atoms with Gasteiger partial charge in [-0.15, -0.1) is 0 Å². The third-order valence-corrected chi connectivity index (χ3v) is 7.50. The molecule has 1 aromatic carbocycles. The molecule has 0 bridgehead atoms. The maximum atomic E-state index is 12.4. The molecule has 0 radical (unpaired) electrons. The molecule has 7 heteroatoms. The van der Waals surface area contributed by atoms with Gasteiger partial charge in [0.15, 0.2) is 0 Å². The number of nitrogens with two attached hydrogens (primary N) is 1. The van der Waals surface area contributed by atoms with Crippen molar-refractivity contribution in [3.63, 3.8) is 0 Å². The van der Waals surface area contributed by atoms with E-state index in [1.807, 2.05) is 30.4 Å². The minimum Gasteiger partial charge on any atom is -0.399 e. The standard InChI is InChI=1S/C13H20N2O2S3/c1-2-10-3-4-11(14)7-13(10)20(16,17)15-8-12-9-18-5-6-19-12/h3-4,7,12,15H,2,5-6,8-9,14H2,1H3. The van der Waals surface area contributed by atoms with Crippen LogP contribution < -0.4 is 10.5 Å². The molecule has 0 spiro atoms. The largest absolute Gasteiger partial charge is 0.399 e. The second-order valence-electron chi connectivity index (χ2n) is 4.64. The molecule has 20 heavy (non-hydrogen) atoms. The zero-order valence-electron chi connectivity index (χ0n) is 11.5. The fraction of sp³-hybridized carbons (Fsp3) is 0.538. The lowest BCUT2D eigenvalue weighted by Crippen LogP contribution is -2.33. The number of aryl methyl sites for hydroxylation is 1. The van der Waals surface area contributed by atoms with Crippen LogP contribution in [-0.2, 0) is 16.4 Å². The van der Waals surface area contributed by atoms with Gasteiger partial charge in [-0.25, -0.2) is 13.1 Å². The van der Waals surface area contributed by atoms with Crippen LogP contribution in [0.5, 0.6) is 0 Å². The predicted molar refractivity (Wildman–Crippen MR) is 89.0 cm³/mol. The second kappa shape index (κ2) is 7.06. The molecular weight excluding hydrogens is 312 g/mol. The average molecular weight is 333 g/mol. The van der Waals surface area contributed by atoms with Gasteiger partial charge >= 0.3 is 0 Å². The van der Waals surface area contributed by atoms with Crippen molar-refractivity contribution in [2.75, 3.05) is 29.5 Å². The number of sulfonamides is 1. The Labute approximate surface area is 129 Å². The number of nitrogens with one attached hydrogen (secondary N) is 1. The minimum atomic E-state index is -3.48.